The molecule has 2 aromatic heterocycles. The van der Waals surface area contributed by atoms with Crippen LogP contribution < -0.4 is 9.88 Å². The Morgan fingerprint density at radius 2 is 1.86 bits per heavy atom. The van der Waals surface area contributed by atoms with Gasteiger partial charge >= 0.3 is 0 Å². The van der Waals surface area contributed by atoms with Gasteiger partial charge in [-0.3, -0.25) is 0 Å². The van der Waals surface area contributed by atoms with Gasteiger partial charge in [0.15, 0.2) is 5.65 Å². The highest BCUT2D eigenvalue weighted by Crippen LogP contribution is 2.26. The predicted octanol–water partition coefficient (Wildman–Crippen LogP) is 2.55. The first-order chi connectivity index (χ1) is 13.5. The van der Waals surface area contributed by atoms with Gasteiger partial charge in [0.05, 0.1) is 17.8 Å². The lowest BCUT2D eigenvalue weighted by atomic mass is 9.90. The molecule has 0 saturated heterocycles. The molecule has 4 rings (SSSR count). The fourth-order valence-corrected chi connectivity index (χ4v) is 4.08. The molecule has 8 nitrogen and oxygen atoms in total. The SMILES string of the molecule is NS(=O)(=O)c1ccc(Cc2nc(OCC3CCCCC3)c3[nH]cnc3n2)cc1. The molecule has 0 unspecified atom stereocenters. The molecule has 2 heterocycles. The Labute approximate surface area is 163 Å². The van der Waals surface area contributed by atoms with E-state index in [1.807, 2.05) is 0 Å². The van der Waals surface area contributed by atoms with Crippen LogP contribution in [0.2, 0.25) is 0 Å². The first kappa shape index (κ1) is 18.8. The summed E-state index contributed by atoms with van der Waals surface area (Å²) in [6, 6.07) is 6.39. The molecule has 9 heteroatoms. The second-order valence-corrected chi connectivity index (χ2v) is 8.79. The quantitative estimate of drug-likeness (QED) is 0.654. The van der Waals surface area contributed by atoms with Crippen LogP contribution in [0.5, 0.6) is 5.88 Å². The molecular formula is C19H23N5O3S. The van der Waals surface area contributed by atoms with Gasteiger partial charge < -0.3 is 9.72 Å². The predicted molar refractivity (Wildman–Crippen MR) is 104 cm³/mol. The summed E-state index contributed by atoms with van der Waals surface area (Å²) in [5.41, 5.74) is 2.13. The first-order valence-corrected chi connectivity index (χ1v) is 11.0. The highest BCUT2D eigenvalue weighted by molar-refractivity contribution is 7.89. The zero-order valence-electron chi connectivity index (χ0n) is 15.5. The van der Waals surface area contributed by atoms with Crippen LogP contribution in [0.3, 0.4) is 0 Å². The molecule has 0 bridgehead atoms. The second-order valence-electron chi connectivity index (χ2n) is 7.23. The molecule has 148 valence electrons. The Balaban J connectivity index is 1.54. The average Bonchev–Trinajstić information content (AvgIpc) is 3.15. The average molecular weight is 401 g/mol. The Morgan fingerprint density at radius 1 is 1.11 bits per heavy atom. The van der Waals surface area contributed by atoms with Gasteiger partial charge in [0.1, 0.15) is 11.3 Å². The lowest BCUT2D eigenvalue weighted by molar-refractivity contribution is 0.204. The van der Waals surface area contributed by atoms with Gasteiger partial charge in [0.25, 0.3) is 0 Å². The Hall–Kier alpha value is -2.52. The standard InChI is InChI=1S/C19H23N5O3S/c20-28(25,26)15-8-6-13(7-9-15)10-16-23-18-17(21-12-22-18)19(24-16)27-11-14-4-2-1-3-5-14/h6-9,12,14H,1-5,10-11H2,(H2,20,25,26)(H,21,22,23,24). The summed E-state index contributed by atoms with van der Waals surface area (Å²) in [6.07, 6.45) is 8.24. The number of sulfonamides is 1. The van der Waals surface area contributed by atoms with E-state index in [0.29, 0.717) is 41.8 Å². The van der Waals surface area contributed by atoms with Gasteiger partial charge in [-0.15, -0.1) is 0 Å². The van der Waals surface area contributed by atoms with Crippen LogP contribution >= 0.6 is 0 Å². The van der Waals surface area contributed by atoms with Gasteiger partial charge in [-0.1, -0.05) is 31.4 Å². The highest BCUT2D eigenvalue weighted by atomic mass is 32.2. The number of aromatic nitrogens is 4. The third-order valence-corrected chi connectivity index (χ3v) is 6.02. The van der Waals surface area contributed by atoms with Crippen molar-refractivity contribution in [3.05, 3.63) is 42.0 Å². The number of nitrogens with zero attached hydrogens (tertiary/aromatic N) is 3. The van der Waals surface area contributed by atoms with Gasteiger partial charge in [-0.25, -0.2) is 23.5 Å². The summed E-state index contributed by atoms with van der Waals surface area (Å²) in [6.45, 7) is 0.646. The number of aromatic amines is 1. The second kappa shape index (κ2) is 7.84. The summed E-state index contributed by atoms with van der Waals surface area (Å²) in [7, 11) is -3.70. The fourth-order valence-electron chi connectivity index (χ4n) is 3.56. The summed E-state index contributed by atoms with van der Waals surface area (Å²) >= 11 is 0. The van der Waals surface area contributed by atoms with E-state index in [1.165, 1.54) is 44.2 Å². The number of primary sulfonamides is 1. The molecule has 1 aromatic carbocycles. The zero-order chi connectivity index (χ0) is 19.6. The molecule has 0 spiro atoms. The third-order valence-electron chi connectivity index (χ3n) is 5.09. The van der Waals surface area contributed by atoms with E-state index >= 15 is 0 Å². The van der Waals surface area contributed by atoms with Crippen molar-refractivity contribution in [3.63, 3.8) is 0 Å². The molecule has 0 atom stereocenters. The van der Waals surface area contributed by atoms with Crippen molar-refractivity contribution in [3.8, 4) is 5.88 Å². The summed E-state index contributed by atoms with van der Waals surface area (Å²) in [4.78, 5) is 16.4. The van der Waals surface area contributed by atoms with Crippen LogP contribution in [0.1, 0.15) is 43.5 Å². The van der Waals surface area contributed by atoms with Crippen molar-refractivity contribution in [1.82, 2.24) is 19.9 Å². The minimum atomic E-state index is -3.70. The number of fused-ring (bicyclic) bond motifs is 1. The molecule has 28 heavy (non-hydrogen) atoms. The van der Waals surface area contributed by atoms with Gasteiger partial charge in [0.2, 0.25) is 15.9 Å². The lowest BCUT2D eigenvalue weighted by Gasteiger charge is -2.21. The van der Waals surface area contributed by atoms with E-state index in [4.69, 9.17) is 9.88 Å². The van der Waals surface area contributed by atoms with Crippen molar-refractivity contribution in [2.75, 3.05) is 6.61 Å². The van der Waals surface area contributed by atoms with Crippen LogP contribution in [0.4, 0.5) is 0 Å². The topological polar surface area (TPSA) is 124 Å². The summed E-state index contributed by atoms with van der Waals surface area (Å²) in [5, 5.41) is 5.14. The zero-order valence-corrected chi connectivity index (χ0v) is 16.3. The third kappa shape index (κ3) is 4.31. The number of benzene rings is 1. The Morgan fingerprint density at radius 3 is 2.57 bits per heavy atom. The minimum absolute atomic E-state index is 0.0800. The maximum absolute atomic E-state index is 11.4. The largest absolute Gasteiger partial charge is 0.476 e. The van der Waals surface area contributed by atoms with E-state index in [2.05, 4.69) is 19.9 Å². The van der Waals surface area contributed by atoms with E-state index in [1.54, 1.807) is 18.5 Å². The Kier molecular flexibility index (Phi) is 5.27. The van der Waals surface area contributed by atoms with Crippen molar-refractivity contribution in [1.29, 1.82) is 0 Å². The molecule has 3 N–H and O–H groups in total. The molecule has 1 aliphatic carbocycles. The maximum atomic E-state index is 11.4. The number of nitrogens with two attached hydrogens (primary N) is 1. The Bertz CT molecular complexity index is 1060. The molecule has 3 aromatic rings. The van der Waals surface area contributed by atoms with Crippen LogP contribution in [0.15, 0.2) is 35.5 Å². The van der Waals surface area contributed by atoms with Gasteiger partial charge in [0, 0.05) is 6.42 Å². The molecule has 1 aliphatic rings. The van der Waals surface area contributed by atoms with E-state index in [-0.39, 0.29) is 4.90 Å². The molecule has 0 aliphatic heterocycles. The fraction of sp³-hybridized carbons (Fsp3) is 0.421. The molecule has 1 fully saturated rings. The summed E-state index contributed by atoms with van der Waals surface area (Å²) < 4.78 is 28.8. The number of hydrogen-bond donors (Lipinski definition) is 2. The van der Waals surface area contributed by atoms with Crippen molar-refractivity contribution in [2.24, 2.45) is 11.1 Å². The van der Waals surface area contributed by atoms with Crippen molar-refractivity contribution < 1.29 is 13.2 Å². The van der Waals surface area contributed by atoms with Crippen molar-refractivity contribution >= 4 is 21.2 Å². The van der Waals surface area contributed by atoms with Crippen LogP contribution in [0.25, 0.3) is 11.2 Å². The number of H-pyrrole nitrogens is 1. The monoisotopic (exact) mass is 401 g/mol. The highest BCUT2D eigenvalue weighted by Gasteiger charge is 2.17. The van der Waals surface area contributed by atoms with E-state index in [0.717, 1.165) is 5.56 Å². The number of ether oxygens (including phenoxy) is 1. The van der Waals surface area contributed by atoms with Crippen LogP contribution in [-0.2, 0) is 16.4 Å². The smallest absolute Gasteiger partial charge is 0.243 e. The molecule has 0 radical (unpaired) electrons. The van der Waals surface area contributed by atoms with Gasteiger partial charge in [-0.2, -0.15) is 4.98 Å². The van der Waals surface area contributed by atoms with E-state index in [9.17, 15) is 8.42 Å². The minimum Gasteiger partial charge on any atom is -0.476 e. The summed E-state index contributed by atoms with van der Waals surface area (Å²) in [5.74, 6) is 1.65. The van der Waals surface area contributed by atoms with Crippen molar-refractivity contribution in [2.45, 2.75) is 43.4 Å². The number of hydrogen-bond acceptors (Lipinski definition) is 6. The molecular weight excluding hydrogens is 378 g/mol. The lowest BCUT2D eigenvalue weighted by Crippen LogP contribution is -2.16. The maximum Gasteiger partial charge on any atom is 0.243 e. The number of nitrogens with one attached hydrogen (secondary N) is 1. The normalized spacial score (nSPS) is 15.8. The number of rotatable bonds is 6. The first-order valence-electron chi connectivity index (χ1n) is 9.43. The van der Waals surface area contributed by atoms with E-state index < -0.39 is 10.0 Å². The molecule has 0 amide bonds. The molecule has 1 saturated carbocycles. The van der Waals surface area contributed by atoms with Crippen LogP contribution in [0, 0.1) is 5.92 Å². The van der Waals surface area contributed by atoms with Crippen LogP contribution in [-0.4, -0.2) is 35.0 Å². The number of imidazole rings is 1. The van der Waals surface area contributed by atoms with Gasteiger partial charge in [-0.05, 0) is 36.5 Å².